The minimum Gasteiger partial charge on any atom is -0.462 e. The average Bonchev–Trinajstić information content (AvgIpc) is 3.30. The fourth-order valence-corrected chi connectivity index (χ4v) is 8.26. The molecule has 0 aromatic heterocycles. The number of esters is 3. The monoisotopic (exact) mass is 913 g/mol. The van der Waals surface area contributed by atoms with Crippen LogP contribution in [0.25, 0.3) is 0 Å². The van der Waals surface area contributed by atoms with Crippen LogP contribution in [0.15, 0.2) is 36.5 Å². The first-order chi connectivity index (χ1) is 32.0. The van der Waals surface area contributed by atoms with Crippen molar-refractivity contribution in [3.05, 3.63) is 36.5 Å². The van der Waals surface area contributed by atoms with E-state index in [9.17, 15) is 14.4 Å². The van der Waals surface area contributed by atoms with Gasteiger partial charge in [-0.25, -0.2) is 0 Å². The molecule has 65 heavy (non-hydrogen) atoms. The summed E-state index contributed by atoms with van der Waals surface area (Å²) >= 11 is 0. The van der Waals surface area contributed by atoms with Crippen molar-refractivity contribution in [2.75, 3.05) is 13.2 Å². The Balaban J connectivity index is 4.28. The van der Waals surface area contributed by atoms with Gasteiger partial charge in [-0.15, -0.1) is 0 Å². The smallest absolute Gasteiger partial charge is 0.306 e. The van der Waals surface area contributed by atoms with E-state index in [1.807, 2.05) is 0 Å². The highest BCUT2D eigenvalue weighted by molar-refractivity contribution is 5.71. The largest absolute Gasteiger partial charge is 0.462 e. The van der Waals surface area contributed by atoms with Gasteiger partial charge >= 0.3 is 17.9 Å². The quantitative estimate of drug-likeness (QED) is 0.0262. The molecule has 0 saturated carbocycles. The minimum absolute atomic E-state index is 0.0828. The van der Waals surface area contributed by atoms with Crippen molar-refractivity contribution in [3.63, 3.8) is 0 Å². The molecule has 0 aliphatic heterocycles. The molecule has 0 saturated heterocycles. The van der Waals surface area contributed by atoms with Crippen molar-refractivity contribution >= 4 is 17.9 Å². The summed E-state index contributed by atoms with van der Waals surface area (Å²) in [5, 5.41) is 0. The molecule has 6 nitrogen and oxygen atoms in total. The van der Waals surface area contributed by atoms with Crippen LogP contribution in [0.1, 0.15) is 303 Å². The molecular weight excluding hydrogens is 805 g/mol. The normalized spacial score (nSPS) is 12.2. The average molecular weight is 914 g/mol. The second kappa shape index (κ2) is 54.2. The molecule has 0 heterocycles. The molecule has 0 amide bonds. The van der Waals surface area contributed by atoms with Gasteiger partial charge in [0.15, 0.2) is 6.10 Å². The van der Waals surface area contributed by atoms with Gasteiger partial charge in [0.05, 0.1) is 0 Å². The van der Waals surface area contributed by atoms with Crippen molar-refractivity contribution in [1.29, 1.82) is 0 Å². The first kappa shape index (κ1) is 62.6. The first-order valence-electron chi connectivity index (χ1n) is 28.5. The van der Waals surface area contributed by atoms with Crippen molar-refractivity contribution in [2.45, 2.75) is 309 Å². The zero-order valence-electron chi connectivity index (χ0n) is 43.5. The number of carbonyl (C=O) groups is 3. The topological polar surface area (TPSA) is 78.9 Å². The van der Waals surface area contributed by atoms with Gasteiger partial charge in [0.1, 0.15) is 13.2 Å². The van der Waals surface area contributed by atoms with E-state index in [-0.39, 0.29) is 31.1 Å². The number of hydrogen-bond acceptors (Lipinski definition) is 6. The summed E-state index contributed by atoms with van der Waals surface area (Å²) in [6.07, 6.45) is 64.4. The third-order valence-corrected chi connectivity index (χ3v) is 12.6. The number of carbonyl (C=O) groups excluding carboxylic acids is 3. The lowest BCUT2D eigenvalue weighted by molar-refractivity contribution is -0.167. The molecule has 0 bridgehead atoms. The summed E-state index contributed by atoms with van der Waals surface area (Å²) < 4.78 is 16.8. The molecular formula is C59H108O6. The molecule has 0 N–H and O–H groups in total. The second-order valence-corrected chi connectivity index (χ2v) is 19.2. The Labute approximate surface area is 404 Å². The predicted molar refractivity (Wildman–Crippen MR) is 279 cm³/mol. The molecule has 380 valence electrons. The van der Waals surface area contributed by atoms with E-state index in [0.717, 1.165) is 57.8 Å². The van der Waals surface area contributed by atoms with Gasteiger partial charge in [-0.3, -0.25) is 14.4 Å². The second-order valence-electron chi connectivity index (χ2n) is 19.2. The fourth-order valence-electron chi connectivity index (χ4n) is 8.26. The van der Waals surface area contributed by atoms with Gasteiger partial charge in [-0.2, -0.15) is 0 Å². The van der Waals surface area contributed by atoms with Gasteiger partial charge in [0.2, 0.25) is 0 Å². The van der Waals surface area contributed by atoms with Crippen LogP contribution in [0.3, 0.4) is 0 Å². The SMILES string of the molecule is CCCCCC/C=C\CCCC(=O)OCC(COC(=O)CCCCCCCCC/C=C\CCCCCCCCCC)OC(=O)CCCCCCCCC/C=C\CCCCCCCCCC. The van der Waals surface area contributed by atoms with Gasteiger partial charge in [-0.05, 0) is 89.9 Å². The van der Waals surface area contributed by atoms with Crippen LogP contribution in [0, 0.1) is 0 Å². The highest BCUT2D eigenvalue weighted by Crippen LogP contribution is 2.15. The Morgan fingerprint density at radius 1 is 0.292 bits per heavy atom. The molecule has 0 aromatic carbocycles. The third kappa shape index (κ3) is 52.5. The molecule has 0 aliphatic rings. The summed E-state index contributed by atoms with van der Waals surface area (Å²) in [6.45, 7) is 6.60. The number of unbranched alkanes of at least 4 members (excludes halogenated alkanes) is 35. The Morgan fingerprint density at radius 2 is 0.523 bits per heavy atom. The maximum atomic E-state index is 12.8. The Hall–Kier alpha value is -2.37. The van der Waals surface area contributed by atoms with Crippen molar-refractivity contribution in [1.82, 2.24) is 0 Å². The summed E-state index contributed by atoms with van der Waals surface area (Å²) in [4.78, 5) is 38.0. The van der Waals surface area contributed by atoms with Crippen molar-refractivity contribution in [3.8, 4) is 0 Å². The van der Waals surface area contributed by atoms with Crippen LogP contribution in [0.2, 0.25) is 0 Å². The number of allylic oxidation sites excluding steroid dienone is 6. The first-order valence-corrected chi connectivity index (χ1v) is 28.5. The minimum atomic E-state index is -0.785. The molecule has 0 aliphatic carbocycles. The van der Waals surface area contributed by atoms with Gasteiger partial charge in [-0.1, -0.05) is 231 Å². The van der Waals surface area contributed by atoms with Crippen LogP contribution in [0.4, 0.5) is 0 Å². The molecule has 0 aromatic rings. The molecule has 1 atom stereocenters. The van der Waals surface area contributed by atoms with E-state index >= 15 is 0 Å². The maximum Gasteiger partial charge on any atom is 0.306 e. The van der Waals surface area contributed by atoms with Crippen LogP contribution < -0.4 is 0 Å². The molecule has 0 fully saturated rings. The molecule has 0 radical (unpaired) electrons. The van der Waals surface area contributed by atoms with E-state index < -0.39 is 6.10 Å². The summed E-state index contributed by atoms with van der Waals surface area (Å²) in [6, 6.07) is 0. The van der Waals surface area contributed by atoms with Crippen molar-refractivity contribution < 1.29 is 28.6 Å². The van der Waals surface area contributed by atoms with Crippen LogP contribution >= 0.6 is 0 Å². The number of ether oxygens (including phenoxy) is 3. The Morgan fingerprint density at radius 3 is 0.846 bits per heavy atom. The number of rotatable bonds is 52. The standard InChI is InChI=1S/C59H108O6/c1-4-7-10-13-16-19-21-23-25-27-29-31-33-35-37-40-43-46-49-52-58(61)64-55-56(54-63-57(60)51-48-45-42-39-18-15-12-9-6-3)65-59(62)53-50-47-44-41-38-36-34-32-30-28-26-24-22-20-17-14-11-8-5-2/h27-30,39,42,56H,4-26,31-38,40-41,43-55H2,1-3H3/b29-27-,30-28-,42-39-. The van der Waals surface area contributed by atoms with E-state index in [2.05, 4.69) is 57.2 Å². The van der Waals surface area contributed by atoms with E-state index in [4.69, 9.17) is 14.2 Å². The van der Waals surface area contributed by atoms with E-state index in [1.165, 1.54) is 205 Å². The predicted octanol–water partition coefficient (Wildman–Crippen LogP) is 18.9. The lowest BCUT2D eigenvalue weighted by atomic mass is 10.1. The van der Waals surface area contributed by atoms with E-state index in [1.54, 1.807) is 0 Å². The maximum absolute atomic E-state index is 12.8. The summed E-state index contributed by atoms with van der Waals surface area (Å²) in [5.74, 6) is -0.915. The summed E-state index contributed by atoms with van der Waals surface area (Å²) in [7, 11) is 0. The van der Waals surface area contributed by atoms with Crippen LogP contribution in [-0.4, -0.2) is 37.2 Å². The molecule has 6 heteroatoms. The third-order valence-electron chi connectivity index (χ3n) is 12.6. The molecule has 1 unspecified atom stereocenters. The number of hydrogen-bond donors (Lipinski definition) is 0. The van der Waals surface area contributed by atoms with Gasteiger partial charge in [0, 0.05) is 19.3 Å². The molecule has 0 rings (SSSR count). The van der Waals surface area contributed by atoms with Gasteiger partial charge < -0.3 is 14.2 Å². The van der Waals surface area contributed by atoms with Gasteiger partial charge in [0.25, 0.3) is 0 Å². The Bertz CT molecular complexity index is 1090. The van der Waals surface area contributed by atoms with Crippen LogP contribution in [-0.2, 0) is 28.6 Å². The summed E-state index contributed by atoms with van der Waals surface area (Å²) in [5.41, 5.74) is 0. The highest BCUT2D eigenvalue weighted by Gasteiger charge is 2.19. The van der Waals surface area contributed by atoms with E-state index in [0.29, 0.717) is 19.3 Å². The van der Waals surface area contributed by atoms with Crippen LogP contribution in [0.5, 0.6) is 0 Å². The zero-order chi connectivity index (χ0) is 47.2. The zero-order valence-corrected chi connectivity index (χ0v) is 43.5. The molecule has 0 spiro atoms. The lowest BCUT2D eigenvalue weighted by Gasteiger charge is -2.18. The lowest BCUT2D eigenvalue weighted by Crippen LogP contribution is -2.30. The Kier molecular flexibility index (Phi) is 52.3. The highest BCUT2D eigenvalue weighted by atomic mass is 16.6. The van der Waals surface area contributed by atoms with Crippen molar-refractivity contribution in [2.24, 2.45) is 0 Å². The fraction of sp³-hybridized carbons (Fsp3) is 0.847.